The van der Waals surface area contributed by atoms with Gasteiger partial charge in [0.25, 0.3) is 0 Å². The number of carbonyl (C=O) groups excluding carboxylic acids is 3. The summed E-state index contributed by atoms with van der Waals surface area (Å²) in [5, 5.41) is 11.7. The van der Waals surface area contributed by atoms with E-state index in [2.05, 4.69) is 13.8 Å². The quantitative estimate of drug-likeness (QED) is 0.0261. The van der Waals surface area contributed by atoms with Crippen LogP contribution in [0.4, 0.5) is 0 Å². The minimum atomic E-state index is -1.61. The zero-order valence-corrected chi connectivity index (χ0v) is 36.1. The average molecular weight is 770 g/mol. The normalized spacial score (nSPS) is 12.8. The third-order valence-electron chi connectivity index (χ3n) is 10.1. The molecule has 0 spiro atoms. The molecular formula is C45H87NO8. The van der Waals surface area contributed by atoms with Crippen molar-refractivity contribution in [2.24, 2.45) is 0 Å². The summed E-state index contributed by atoms with van der Waals surface area (Å²) in [6.45, 7) is 4.75. The monoisotopic (exact) mass is 770 g/mol. The Balaban J connectivity index is 4.29. The van der Waals surface area contributed by atoms with Crippen LogP contribution in [0.3, 0.4) is 0 Å². The van der Waals surface area contributed by atoms with Gasteiger partial charge in [0.05, 0.1) is 40.3 Å². The van der Waals surface area contributed by atoms with E-state index in [0.717, 1.165) is 38.5 Å². The molecule has 0 N–H and O–H groups in total. The van der Waals surface area contributed by atoms with Crippen molar-refractivity contribution in [2.75, 3.05) is 47.5 Å². The van der Waals surface area contributed by atoms with Crippen LogP contribution in [0, 0.1) is 0 Å². The van der Waals surface area contributed by atoms with Crippen LogP contribution in [0.15, 0.2) is 0 Å². The van der Waals surface area contributed by atoms with Crippen molar-refractivity contribution in [2.45, 2.75) is 225 Å². The number of hydrogen-bond acceptors (Lipinski definition) is 8. The van der Waals surface area contributed by atoms with Gasteiger partial charge >= 0.3 is 11.9 Å². The molecule has 0 amide bonds. The van der Waals surface area contributed by atoms with Crippen molar-refractivity contribution in [3.05, 3.63) is 0 Å². The van der Waals surface area contributed by atoms with Crippen LogP contribution in [0.5, 0.6) is 0 Å². The molecule has 0 fully saturated rings. The van der Waals surface area contributed by atoms with Crippen LogP contribution < -0.4 is 5.11 Å². The molecule has 2 unspecified atom stereocenters. The van der Waals surface area contributed by atoms with Gasteiger partial charge in [-0.2, -0.15) is 0 Å². The highest BCUT2D eigenvalue weighted by molar-refractivity contribution is 5.70. The first-order valence-corrected chi connectivity index (χ1v) is 22.7. The van der Waals surface area contributed by atoms with Crippen molar-refractivity contribution in [1.82, 2.24) is 0 Å². The smallest absolute Gasteiger partial charge is 0.306 e. The summed E-state index contributed by atoms with van der Waals surface area (Å²) in [6.07, 6.45) is 34.3. The van der Waals surface area contributed by atoms with E-state index in [1.807, 2.05) is 21.1 Å². The van der Waals surface area contributed by atoms with Crippen LogP contribution in [0.2, 0.25) is 0 Å². The lowest BCUT2D eigenvalue weighted by molar-refractivity contribution is -0.870. The van der Waals surface area contributed by atoms with Gasteiger partial charge in [-0.15, -0.1) is 0 Å². The molecule has 320 valence electrons. The minimum absolute atomic E-state index is 0.153. The van der Waals surface area contributed by atoms with Crippen molar-refractivity contribution in [1.29, 1.82) is 0 Å². The van der Waals surface area contributed by atoms with Crippen molar-refractivity contribution in [3.8, 4) is 0 Å². The van der Waals surface area contributed by atoms with Crippen molar-refractivity contribution < 1.29 is 42.9 Å². The fourth-order valence-corrected chi connectivity index (χ4v) is 6.54. The van der Waals surface area contributed by atoms with E-state index in [-0.39, 0.29) is 32.2 Å². The molecule has 0 bridgehead atoms. The number of nitrogens with zero attached hydrogens (tertiary/aromatic N) is 1. The highest BCUT2D eigenvalue weighted by atomic mass is 16.7. The number of carboxylic acids is 1. The van der Waals surface area contributed by atoms with E-state index >= 15 is 0 Å². The zero-order valence-electron chi connectivity index (χ0n) is 36.1. The summed E-state index contributed by atoms with van der Waals surface area (Å²) < 4.78 is 22.5. The molecule has 2 atom stereocenters. The molecule has 54 heavy (non-hydrogen) atoms. The maximum atomic E-state index is 12.7. The number of quaternary nitrogens is 1. The van der Waals surface area contributed by atoms with Crippen molar-refractivity contribution in [3.63, 3.8) is 0 Å². The predicted octanol–water partition coefficient (Wildman–Crippen LogP) is 10.4. The number of rotatable bonds is 42. The molecule has 0 rings (SSSR count). The fraction of sp³-hybridized carbons (Fsp3) is 0.933. The number of unbranched alkanes of at least 4 members (excludes halogenated alkanes) is 27. The molecule has 0 aromatic heterocycles. The van der Waals surface area contributed by atoms with Gasteiger partial charge in [0.2, 0.25) is 0 Å². The molecule has 0 aliphatic carbocycles. The molecule has 0 aromatic carbocycles. The Hall–Kier alpha value is -1.71. The summed E-state index contributed by atoms with van der Waals surface area (Å²) in [5.41, 5.74) is 0. The first-order valence-electron chi connectivity index (χ1n) is 22.7. The lowest BCUT2D eigenvalue weighted by atomic mass is 10.0. The number of aliphatic carboxylic acids is 1. The molecule has 0 saturated heterocycles. The second-order valence-corrected chi connectivity index (χ2v) is 16.7. The minimum Gasteiger partial charge on any atom is -0.545 e. The van der Waals surface area contributed by atoms with E-state index in [1.54, 1.807) is 0 Å². The largest absolute Gasteiger partial charge is 0.545 e. The Morgan fingerprint density at radius 1 is 0.481 bits per heavy atom. The molecular weight excluding hydrogens is 682 g/mol. The summed E-state index contributed by atoms with van der Waals surface area (Å²) >= 11 is 0. The number of carbonyl (C=O) groups is 3. The number of ether oxygens (including phenoxy) is 4. The SMILES string of the molecule is CCCCCCCCCCCCCCCCCCCCCCC(=O)OC(COC(=O)CCCCCCCCCCC)COC(OCC[N+](C)(C)C)C(=O)[O-]. The number of likely N-dealkylation sites (N-methyl/N-ethyl adjacent to an activating group) is 1. The zero-order chi connectivity index (χ0) is 40.0. The fourth-order valence-electron chi connectivity index (χ4n) is 6.54. The standard InChI is InChI=1S/C45H87NO8/c1-6-8-10-12-14-16-17-18-19-20-21-22-23-24-25-26-28-30-32-34-36-43(48)54-41(40-53-45(44(49)50)51-38-37-46(3,4)5)39-52-42(47)35-33-31-29-27-15-13-11-9-7-2/h41,45H,6-40H2,1-5H3. The number of esters is 2. The number of hydrogen-bond donors (Lipinski definition) is 0. The molecule has 0 aliphatic rings. The summed E-state index contributed by atoms with van der Waals surface area (Å²) in [5.74, 6) is -2.27. The first-order chi connectivity index (χ1) is 26.1. The summed E-state index contributed by atoms with van der Waals surface area (Å²) in [6, 6.07) is 0. The third kappa shape index (κ3) is 38.6. The lowest BCUT2D eigenvalue weighted by Gasteiger charge is -2.26. The Kier molecular flexibility index (Phi) is 37.0. The van der Waals surface area contributed by atoms with Gasteiger partial charge in [0, 0.05) is 12.8 Å². The van der Waals surface area contributed by atoms with Crippen molar-refractivity contribution >= 4 is 17.9 Å². The predicted molar refractivity (Wildman–Crippen MR) is 219 cm³/mol. The van der Waals surface area contributed by atoms with Gasteiger partial charge < -0.3 is 33.3 Å². The second kappa shape index (κ2) is 38.2. The van der Waals surface area contributed by atoms with Crippen LogP contribution in [-0.2, 0) is 33.3 Å². The van der Waals surface area contributed by atoms with Gasteiger partial charge in [-0.3, -0.25) is 9.59 Å². The van der Waals surface area contributed by atoms with E-state index in [0.29, 0.717) is 17.4 Å². The van der Waals surface area contributed by atoms with Crippen LogP contribution >= 0.6 is 0 Å². The molecule has 0 saturated carbocycles. The van der Waals surface area contributed by atoms with E-state index in [9.17, 15) is 19.5 Å². The van der Waals surface area contributed by atoms with E-state index < -0.39 is 24.3 Å². The third-order valence-corrected chi connectivity index (χ3v) is 10.1. The Labute approximate surface area is 332 Å². The topological polar surface area (TPSA) is 111 Å². The van der Waals surface area contributed by atoms with E-state index in [1.165, 1.54) is 148 Å². The van der Waals surface area contributed by atoms with Gasteiger partial charge in [-0.05, 0) is 12.8 Å². The molecule has 0 radical (unpaired) electrons. The highest BCUT2D eigenvalue weighted by Crippen LogP contribution is 2.16. The molecule has 0 aromatic rings. The lowest BCUT2D eigenvalue weighted by Crippen LogP contribution is -2.44. The summed E-state index contributed by atoms with van der Waals surface area (Å²) in [7, 11) is 5.91. The highest BCUT2D eigenvalue weighted by Gasteiger charge is 2.21. The Bertz CT molecular complexity index is 861. The molecule has 0 heterocycles. The van der Waals surface area contributed by atoms with Gasteiger partial charge in [0.1, 0.15) is 13.2 Å². The van der Waals surface area contributed by atoms with Gasteiger partial charge in [0.15, 0.2) is 12.4 Å². The molecule has 9 nitrogen and oxygen atoms in total. The first kappa shape index (κ1) is 52.3. The van der Waals surface area contributed by atoms with Crippen LogP contribution in [0.1, 0.15) is 213 Å². The Morgan fingerprint density at radius 3 is 1.19 bits per heavy atom. The van der Waals surface area contributed by atoms with Crippen LogP contribution in [0.25, 0.3) is 0 Å². The molecule has 9 heteroatoms. The maximum Gasteiger partial charge on any atom is 0.306 e. The number of carboxylic acid groups (broad SMARTS) is 1. The van der Waals surface area contributed by atoms with Gasteiger partial charge in [-0.1, -0.05) is 187 Å². The van der Waals surface area contributed by atoms with Gasteiger partial charge in [-0.25, -0.2) is 0 Å². The second-order valence-electron chi connectivity index (χ2n) is 16.7. The average Bonchev–Trinajstić information content (AvgIpc) is 3.12. The summed E-state index contributed by atoms with van der Waals surface area (Å²) in [4.78, 5) is 36.8. The Morgan fingerprint density at radius 2 is 0.833 bits per heavy atom. The van der Waals surface area contributed by atoms with E-state index in [4.69, 9.17) is 18.9 Å². The molecule has 0 aliphatic heterocycles. The van der Waals surface area contributed by atoms with Crippen LogP contribution in [-0.4, -0.2) is 82.3 Å². The maximum absolute atomic E-state index is 12.7.